The number of rotatable bonds is 3. The Labute approximate surface area is 87.6 Å². The maximum absolute atomic E-state index is 12.8. The summed E-state index contributed by atoms with van der Waals surface area (Å²) in [5.41, 5.74) is 6.32. The number of nitrogens with two attached hydrogens (primary N) is 2. The fourth-order valence-corrected chi connectivity index (χ4v) is 1.19. The summed E-state index contributed by atoms with van der Waals surface area (Å²) < 4.78 is 12.8. The largest absolute Gasteiger partial charge is 0.324 e. The highest BCUT2D eigenvalue weighted by atomic mass is 19.1. The third-order valence-electron chi connectivity index (χ3n) is 2.06. The number of hydrogen-bond donors (Lipinski definition) is 2. The van der Waals surface area contributed by atoms with Crippen molar-refractivity contribution in [3.63, 3.8) is 0 Å². The van der Waals surface area contributed by atoms with Gasteiger partial charge in [-0.2, -0.15) is 0 Å². The molecule has 0 aliphatic carbocycles. The molecule has 0 fully saturated rings. The number of halogens is 1. The lowest BCUT2D eigenvalue weighted by atomic mass is 10.0. The maximum atomic E-state index is 12.8. The highest BCUT2D eigenvalue weighted by Crippen LogP contribution is 2.15. The number of nitrogens with zero attached hydrogens (tertiary/aromatic N) is 1. The van der Waals surface area contributed by atoms with E-state index in [1.165, 1.54) is 19.2 Å². The summed E-state index contributed by atoms with van der Waals surface area (Å²) in [6.07, 6.45) is 0.0659. The minimum absolute atomic E-state index is 0.0659. The van der Waals surface area contributed by atoms with E-state index in [1.54, 1.807) is 12.1 Å². The van der Waals surface area contributed by atoms with Gasteiger partial charge in [0.15, 0.2) is 0 Å². The molecule has 1 aromatic carbocycles. The zero-order valence-corrected chi connectivity index (χ0v) is 8.48. The number of benzene rings is 1. The number of amides is 1. The van der Waals surface area contributed by atoms with Crippen LogP contribution in [0.4, 0.5) is 4.39 Å². The fraction of sp³-hybridized carbons (Fsp3) is 0.300. The second-order valence-corrected chi connectivity index (χ2v) is 3.37. The minimum Gasteiger partial charge on any atom is -0.324 e. The van der Waals surface area contributed by atoms with Crippen molar-refractivity contribution in [2.24, 2.45) is 11.6 Å². The normalized spacial score (nSPS) is 12.3. The summed E-state index contributed by atoms with van der Waals surface area (Å²) >= 11 is 0. The van der Waals surface area contributed by atoms with E-state index in [2.05, 4.69) is 0 Å². The molecule has 15 heavy (non-hydrogen) atoms. The maximum Gasteiger partial charge on any atom is 0.238 e. The molecule has 0 aromatic heterocycles. The van der Waals surface area contributed by atoms with Gasteiger partial charge in [-0.3, -0.25) is 9.80 Å². The van der Waals surface area contributed by atoms with Gasteiger partial charge in [-0.05, 0) is 17.7 Å². The molecule has 0 saturated heterocycles. The molecule has 4 N–H and O–H groups in total. The second-order valence-electron chi connectivity index (χ2n) is 3.37. The minimum atomic E-state index is -0.529. The lowest BCUT2D eigenvalue weighted by molar-refractivity contribution is -0.130. The van der Waals surface area contributed by atoms with Gasteiger partial charge < -0.3 is 5.73 Å². The predicted octanol–water partition coefficient (Wildman–Crippen LogP) is 0.548. The summed E-state index contributed by atoms with van der Waals surface area (Å²) in [6, 6.07) is 5.35. The van der Waals surface area contributed by atoms with Crippen LogP contribution in [0.5, 0.6) is 0 Å². The van der Waals surface area contributed by atoms with Crippen molar-refractivity contribution in [3.8, 4) is 0 Å². The van der Waals surface area contributed by atoms with Gasteiger partial charge in [0.05, 0.1) is 0 Å². The monoisotopic (exact) mass is 211 g/mol. The Hall–Kier alpha value is -1.46. The smallest absolute Gasteiger partial charge is 0.238 e. The molecule has 0 spiro atoms. The number of carbonyl (C=O) groups excluding carboxylic acids is 1. The van der Waals surface area contributed by atoms with Gasteiger partial charge in [-0.1, -0.05) is 12.1 Å². The molecule has 4 nitrogen and oxygen atoms in total. The molecule has 1 atom stereocenters. The van der Waals surface area contributed by atoms with Crippen molar-refractivity contribution in [2.45, 2.75) is 12.5 Å². The molecule has 5 heteroatoms. The van der Waals surface area contributed by atoms with Crippen LogP contribution in [-0.2, 0) is 4.79 Å². The first-order valence-corrected chi connectivity index (χ1v) is 4.53. The van der Waals surface area contributed by atoms with Gasteiger partial charge in [0.1, 0.15) is 5.82 Å². The van der Waals surface area contributed by atoms with E-state index in [0.717, 1.165) is 5.01 Å². The second kappa shape index (κ2) is 4.86. The fourth-order valence-electron chi connectivity index (χ4n) is 1.19. The predicted molar refractivity (Wildman–Crippen MR) is 54.9 cm³/mol. The zero-order valence-electron chi connectivity index (χ0n) is 8.48. The van der Waals surface area contributed by atoms with E-state index in [1.807, 2.05) is 0 Å². The van der Waals surface area contributed by atoms with Crippen LogP contribution in [0.25, 0.3) is 0 Å². The molecule has 0 saturated carbocycles. The first-order valence-electron chi connectivity index (χ1n) is 4.53. The van der Waals surface area contributed by atoms with E-state index in [-0.39, 0.29) is 18.1 Å². The van der Waals surface area contributed by atoms with Crippen LogP contribution in [0.1, 0.15) is 18.0 Å². The van der Waals surface area contributed by atoms with Crippen molar-refractivity contribution in [1.29, 1.82) is 0 Å². The van der Waals surface area contributed by atoms with Gasteiger partial charge in [0.25, 0.3) is 0 Å². The first kappa shape index (κ1) is 11.6. The molecule has 1 amide bonds. The highest BCUT2D eigenvalue weighted by Gasteiger charge is 2.13. The molecule has 0 bridgehead atoms. The van der Waals surface area contributed by atoms with Crippen molar-refractivity contribution < 1.29 is 9.18 Å². The molecule has 0 heterocycles. The van der Waals surface area contributed by atoms with Gasteiger partial charge in [-0.25, -0.2) is 10.2 Å². The number of hydrazine groups is 1. The lowest BCUT2D eigenvalue weighted by Crippen LogP contribution is -2.35. The standard InChI is InChI=1S/C10H14FN3O/c1-14(13)10(15)6-9(12)7-3-2-4-8(11)5-7/h2-5,9H,6,12-13H2,1H3. The molecule has 0 aliphatic heterocycles. The molecular formula is C10H14FN3O. The highest BCUT2D eigenvalue weighted by molar-refractivity contribution is 5.76. The summed E-state index contributed by atoms with van der Waals surface area (Å²) in [6.45, 7) is 0. The average molecular weight is 211 g/mol. The van der Waals surface area contributed by atoms with Crippen molar-refractivity contribution in [2.75, 3.05) is 7.05 Å². The summed E-state index contributed by atoms with van der Waals surface area (Å²) in [5, 5.41) is 0.971. The van der Waals surface area contributed by atoms with Crippen LogP contribution < -0.4 is 11.6 Å². The number of carbonyl (C=O) groups is 1. The number of hydrogen-bond acceptors (Lipinski definition) is 3. The molecular weight excluding hydrogens is 197 g/mol. The van der Waals surface area contributed by atoms with Crippen molar-refractivity contribution in [3.05, 3.63) is 35.6 Å². The molecule has 82 valence electrons. The third-order valence-corrected chi connectivity index (χ3v) is 2.06. The van der Waals surface area contributed by atoms with Crippen molar-refractivity contribution >= 4 is 5.91 Å². The Morgan fingerprint density at radius 1 is 1.60 bits per heavy atom. The third kappa shape index (κ3) is 3.30. The Bertz CT molecular complexity index is 354. The van der Waals surface area contributed by atoms with Gasteiger partial charge in [-0.15, -0.1) is 0 Å². The molecule has 1 aromatic rings. The van der Waals surface area contributed by atoms with E-state index in [0.29, 0.717) is 5.56 Å². The first-order chi connectivity index (χ1) is 7.00. The van der Waals surface area contributed by atoms with Crippen molar-refractivity contribution in [1.82, 2.24) is 5.01 Å². The molecule has 1 unspecified atom stereocenters. The quantitative estimate of drug-likeness (QED) is 0.435. The summed E-state index contributed by atoms with van der Waals surface area (Å²) in [4.78, 5) is 11.2. The van der Waals surface area contributed by atoms with Crippen LogP contribution >= 0.6 is 0 Å². The van der Waals surface area contributed by atoms with Gasteiger partial charge in [0.2, 0.25) is 5.91 Å². The average Bonchev–Trinajstić information content (AvgIpc) is 2.17. The van der Waals surface area contributed by atoms with E-state index < -0.39 is 6.04 Å². The van der Waals surface area contributed by atoms with E-state index in [9.17, 15) is 9.18 Å². The Kier molecular flexibility index (Phi) is 3.76. The van der Waals surface area contributed by atoms with Crippen LogP contribution in [0.2, 0.25) is 0 Å². The molecule has 1 rings (SSSR count). The van der Waals surface area contributed by atoms with Crippen LogP contribution in [0.15, 0.2) is 24.3 Å². The van der Waals surface area contributed by atoms with E-state index in [4.69, 9.17) is 11.6 Å². The van der Waals surface area contributed by atoms with E-state index >= 15 is 0 Å². The SMILES string of the molecule is CN(N)C(=O)CC(N)c1cccc(F)c1. The van der Waals surface area contributed by atoms with Crippen LogP contribution in [0.3, 0.4) is 0 Å². The Balaban J connectivity index is 2.69. The topological polar surface area (TPSA) is 72.3 Å². The van der Waals surface area contributed by atoms with Crippen LogP contribution in [-0.4, -0.2) is 18.0 Å². The molecule has 0 radical (unpaired) electrons. The lowest BCUT2D eigenvalue weighted by Gasteiger charge is -2.15. The van der Waals surface area contributed by atoms with Gasteiger partial charge in [0, 0.05) is 19.5 Å². The molecule has 0 aliphatic rings. The summed E-state index contributed by atoms with van der Waals surface area (Å²) in [7, 11) is 1.45. The Morgan fingerprint density at radius 2 is 2.27 bits per heavy atom. The zero-order chi connectivity index (χ0) is 11.4. The Morgan fingerprint density at radius 3 is 2.80 bits per heavy atom. The summed E-state index contributed by atoms with van der Waals surface area (Å²) in [5.74, 6) is 4.60. The van der Waals surface area contributed by atoms with Gasteiger partial charge >= 0.3 is 0 Å². The van der Waals surface area contributed by atoms with Crippen LogP contribution in [0, 0.1) is 5.82 Å².